The van der Waals surface area contributed by atoms with Crippen LogP contribution in [0, 0.1) is 0 Å². The summed E-state index contributed by atoms with van der Waals surface area (Å²) in [4.78, 5) is 11.8. The second kappa shape index (κ2) is 9.41. The number of ether oxygens (including phenoxy) is 3. The second-order valence-electron chi connectivity index (χ2n) is 5.04. The Balaban J connectivity index is 2.41. The van der Waals surface area contributed by atoms with Crippen LogP contribution in [0.3, 0.4) is 0 Å². The Bertz CT molecular complexity index is 639. The summed E-state index contributed by atoms with van der Waals surface area (Å²) in [5.41, 5.74) is 0. The van der Waals surface area contributed by atoms with Crippen molar-refractivity contribution < 1.29 is 27.4 Å². The lowest BCUT2D eigenvalue weighted by Crippen LogP contribution is -2.25. The Kier molecular flexibility index (Phi) is 7.90. The lowest BCUT2D eigenvalue weighted by atomic mass is 10.3. The number of benzene rings is 1. The maximum Gasteiger partial charge on any atom is 0.335 e. The van der Waals surface area contributed by atoms with Crippen molar-refractivity contribution in [1.82, 2.24) is 4.31 Å². The Morgan fingerprint density at radius 3 is 2.42 bits per heavy atom. The average molecular weight is 357 g/mol. The van der Waals surface area contributed by atoms with Crippen molar-refractivity contribution in [2.75, 3.05) is 33.9 Å². The number of carbonyl (C=O) groups excluding carboxylic acids is 1. The van der Waals surface area contributed by atoms with Crippen LogP contribution in [0.2, 0.25) is 0 Å². The molecule has 1 aromatic carbocycles. The molecule has 1 unspecified atom stereocenters. The Hall–Kier alpha value is -1.90. The highest BCUT2D eigenvalue weighted by Crippen LogP contribution is 2.18. The molecule has 134 valence electrons. The summed E-state index contributed by atoms with van der Waals surface area (Å²) in [6.07, 6.45) is 0.881. The third kappa shape index (κ3) is 5.95. The molecule has 0 aliphatic carbocycles. The smallest absolute Gasteiger partial charge is 0.335 e. The molecule has 0 heterocycles. The maximum absolute atomic E-state index is 11.9. The van der Waals surface area contributed by atoms with Crippen LogP contribution in [0.1, 0.15) is 6.92 Å². The molecule has 0 spiro atoms. The molecule has 1 atom stereocenters. The van der Waals surface area contributed by atoms with E-state index in [1.165, 1.54) is 26.2 Å². The van der Waals surface area contributed by atoms with E-state index in [4.69, 9.17) is 14.2 Å². The number of esters is 1. The van der Waals surface area contributed by atoms with Gasteiger partial charge in [-0.05, 0) is 31.2 Å². The van der Waals surface area contributed by atoms with Gasteiger partial charge < -0.3 is 14.2 Å². The molecule has 1 rings (SSSR count). The van der Waals surface area contributed by atoms with Crippen LogP contribution in [0.25, 0.3) is 0 Å². The fraction of sp³-hybridized carbons (Fsp3) is 0.438. The summed E-state index contributed by atoms with van der Waals surface area (Å²) in [5.74, 6) is 0.00702. The Labute approximate surface area is 142 Å². The van der Waals surface area contributed by atoms with Crippen molar-refractivity contribution in [3.8, 4) is 5.75 Å². The minimum atomic E-state index is -3.46. The topological polar surface area (TPSA) is 82.1 Å². The standard InChI is InChI=1S/C16H23NO6S/c1-5-10-21-13(2)16(18)23-12-11-22-14-6-8-15(9-7-14)24(19,20)17(3)4/h5-9,13H,1,10-12H2,2-4H3. The number of nitrogens with zero attached hydrogens (tertiary/aromatic N) is 1. The maximum atomic E-state index is 11.9. The molecule has 7 nitrogen and oxygen atoms in total. The molecule has 24 heavy (non-hydrogen) atoms. The van der Waals surface area contributed by atoms with Gasteiger partial charge in [0.25, 0.3) is 0 Å². The van der Waals surface area contributed by atoms with Gasteiger partial charge >= 0.3 is 5.97 Å². The molecule has 0 radical (unpaired) electrons. The largest absolute Gasteiger partial charge is 0.490 e. The van der Waals surface area contributed by atoms with Crippen molar-refractivity contribution in [2.45, 2.75) is 17.9 Å². The first-order chi connectivity index (χ1) is 11.3. The van der Waals surface area contributed by atoms with Crippen molar-refractivity contribution in [2.24, 2.45) is 0 Å². The van der Waals surface area contributed by atoms with E-state index >= 15 is 0 Å². The Morgan fingerprint density at radius 1 is 1.25 bits per heavy atom. The third-order valence-corrected chi connectivity index (χ3v) is 4.82. The lowest BCUT2D eigenvalue weighted by molar-refractivity contribution is -0.156. The lowest BCUT2D eigenvalue weighted by Gasteiger charge is -2.13. The molecular weight excluding hydrogens is 334 g/mol. The zero-order valence-electron chi connectivity index (χ0n) is 14.1. The molecule has 0 N–H and O–H groups in total. The van der Waals surface area contributed by atoms with Gasteiger partial charge in [0.15, 0.2) is 6.10 Å². The van der Waals surface area contributed by atoms with Gasteiger partial charge in [-0.25, -0.2) is 17.5 Å². The van der Waals surface area contributed by atoms with Gasteiger partial charge in [-0.2, -0.15) is 0 Å². The van der Waals surface area contributed by atoms with E-state index < -0.39 is 22.1 Å². The molecule has 0 aromatic heterocycles. The molecule has 0 aliphatic rings. The van der Waals surface area contributed by atoms with Crippen LogP contribution < -0.4 is 4.74 Å². The summed E-state index contributed by atoms with van der Waals surface area (Å²) in [6.45, 7) is 5.58. The van der Waals surface area contributed by atoms with Gasteiger partial charge in [-0.1, -0.05) is 6.08 Å². The quantitative estimate of drug-likeness (QED) is 0.358. The van der Waals surface area contributed by atoms with Crippen LogP contribution in [-0.4, -0.2) is 58.7 Å². The second-order valence-corrected chi connectivity index (χ2v) is 7.19. The predicted molar refractivity (Wildman–Crippen MR) is 89.4 cm³/mol. The first-order valence-electron chi connectivity index (χ1n) is 7.33. The zero-order valence-corrected chi connectivity index (χ0v) is 14.9. The minimum absolute atomic E-state index is 0.0678. The van der Waals surface area contributed by atoms with Crippen molar-refractivity contribution in [1.29, 1.82) is 0 Å². The summed E-state index contributed by atoms with van der Waals surface area (Å²) < 4.78 is 40.5. The average Bonchev–Trinajstić information content (AvgIpc) is 2.56. The van der Waals surface area contributed by atoms with E-state index in [0.29, 0.717) is 5.75 Å². The highest BCUT2D eigenvalue weighted by atomic mass is 32.2. The zero-order chi connectivity index (χ0) is 18.2. The van der Waals surface area contributed by atoms with E-state index in [-0.39, 0.29) is 24.7 Å². The molecule has 0 saturated heterocycles. The van der Waals surface area contributed by atoms with E-state index in [2.05, 4.69) is 6.58 Å². The van der Waals surface area contributed by atoms with Crippen LogP contribution in [0.5, 0.6) is 5.75 Å². The van der Waals surface area contributed by atoms with Crippen molar-refractivity contribution in [3.63, 3.8) is 0 Å². The highest BCUT2D eigenvalue weighted by Gasteiger charge is 2.17. The van der Waals surface area contributed by atoms with Crippen LogP contribution in [0.4, 0.5) is 0 Å². The molecule has 0 bridgehead atoms. The van der Waals surface area contributed by atoms with Crippen LogP contribution in [-0.2, 0) is 24.3 Å². The normalized spacial score (nSPS) is 12.7. The first-order valence-corrected chi connectivity index (χ1v) is 8.77. The van der Waals surface area contributed by atoms with Gasteiger partial charge in [0.2, 0.25) is 10.0 Å². The van der Waals surface area contributed by atoms with E-state index in [9.17, 15) is 13.2 Å². The first kappa shape index (κ1) is 20.1. The molecule has 0 saturated carbocycles. The fourth-order valence-electron chi connectivity index (χ4n) is 1.62. The van der Waals surface area contributed by atoms with E-state index in [0.717, 1.165) is 4.31 Å². The molecule has 0 fully saturated rings. The van der Waals surface area contributed by atoms with Gasteiger partial charge in [-0.3, -0.25) is 0 Å². The van der Waals surface area contributed by atoms with Crippen LogP contribution in [0.15, 0.2) is 41.8 Å². The monoisotopic (exact) mass is 357 g/mol. The van der Waals surface area contributed by atoms with Crippen LogP contribution >= 0.6 is 0 Å². The minimum Gasteiger partial charge on any atom is -0.490 e. The third-order valence-electron chi connectivity index (χ3n) is 2.99. The Morgan fingerprint density at radius 2 is 1.88 bits per heavy atom. The van der Waals surface area contributed by atoms with Crippen molar-refractivity contribution >= 4 is 16.0 Å². The number of hydrogen-bond acceptors (Lipinski definition) is 6. The molecule has 8 heteroatoms. The number of carbonyl (C=O) groups is 1. The summed E-state index contributed by atoms with van der Waals surface area (Å²) in [6, 6.07) is 6.02. The summed E-state index contributed by atoms with van der Waals surface area (Å²) in [7, 11) is -0.528. The van der Waals surface area contributed by atoms with E-state index in [1.807, 2.05) is 0 Å². The predicted octanol–water partition coefficient (Wildman–Crippen LogP) is 1.45. The van der Waals surface area contributed by atoms with Gasteiger partial charge in [0, 0.05) is 14.1 Å². The summed E-state index contributed by atoms with van der Waals surface area (Å²) in [5, 5.41) is 0. The molecule has 1 aromatic rings. The van der Waals surface area contributed by atoms with Gasteiger partial charge in [0.1, 0.15) is 19.0 Å². The van der Waals surface area contributed by atoms with Gasteiger partial charge in [-0.15, -0.1) is 6.58 Å². The number of sulfonamides is 1. The van der Waals surface area contributed by atoms with E-state index in [1.54, 1.807) is 25.1 Å². The molecule has 0 aliphatic heterocycles. The summed E-state index contributed by atoms with van der Waals surface area (Å²) >= 11 is 0. The van der Waals surface area contributed by atoms with Crippen molar-refractivity contribution in [3.05, 3.63) is 36.9 Å². The highest BCUT2D eigenvalue weighted by molar-refractivity contribution is 7.89. The number of hydrogen-bond donors (Lipinski definition) is 0. The SMILES string of the molecule is C=CCOC(C)C(=O)OCCOc1ccc(S(=O)(=O)N(C)C)cc1. The van der Waals surface area contributed by atoms with Gasteiger partial charge in [0.05, 0.1) is 11.5 Å². The molecular formula is C16H23NO6S. The molecule has 0 amide bonds. The number of rotatable bonds is 10. The fourth-order valence-corrected chi connectivity index (χ4v) is 2.52.